The number of methoxy groups -OCH3 is 1. The fourth-order valence-electron chi connectivity index (χ4n) is 1.57. The molecule has 0 bridgehead atoms. The molecule has 0 fully saturated rings. The van der Waals surface area contributed by atoms with E-state index in [0.717, 1.165) is 11.0 Å². The van der Waals surface area contributed by atoms with Crippen molar-refractivity contribution in [2.75, 3.05) is 20.3 Å². The van der Waals surface area contributed by atoms with Crippen molar-refractivity contribution in [2.45, 2.75) is 19.6 Å². The summed E-state index contributed by atoms with van der Waals surface area (Å²) in [4.78, 5) is 12.6. The zero-order chi connectivity index (χ0) is 16.0. The lowest BCUT2D eigenvalue weighted by Gasteiger charge is -2.21. The van der Waals surface area contributed by atoms with Crippen LogP contribution in [0, 0.1) is 5.82 Å². The topological polar surface area (TPSA) is 38.8 Å². The second kappa shape index (κ2) is 7.14. The van der Waals surface area contributed by atoms with Crippen LogP contribution < -0.4 is 4.74 Å². The predicted octanol–water partition coefficient (Wildman–Crippen LogP) is 3.36. The van der Waals surface area contributed by atoms with Crippen LogP contribution in [-0.4, -0.2) is 37.4 Å². The molecule has 0 aliphatic carbocycles. The minimum Gasteiger partial charge on any atom is -0.494 e. The highest BCUT2D eigenvalue weighted by Gasteiger charge is 2.30. The summed E-state index contributed by atoms with van der Waals surface area (Å²) in [6.07, 6.45) is -5.69. The summed E-state index contributed by atoms with van der Waals surface area (Å²) >= 11 is 0. The second-order valence-corrected chi connectivity index (χ2v) is 4.15. The summed E-state index contributed by atoms with van der Waals surface area (Å²) in [5, 5.41) is 0. The van der Waals surface area contributed by atoms with E-state index in [1.807, 2.05) is 0 Å². The van der Waals surface area contributed by atoms with Crippen LogP contribution in [0.5, 0.6) is 5.75 Å². The van der Waals surface area contributed by atoms with Crippen molar-refractivity contribution in [1.29, 1.82) is 0 Å². The summed E-state index contributed by atoms with van der Waals surface area (Å²) in [5.41, 5.74) is 0.416. The Morgan fingerprint density at radius 3 is 2.48 bits per heavy atom. The summed E-state index contributed by atoms with van der Waals surface area (Å²) in [6.45, 7) is -0.00746. The molecule has 4 nitrogen and oxygen atoms in total. The first-order valence-corrected chi connectivity index (χ1v) is 6.07. The van der Waals surface area contributed by atoms with Crippen molar-refractivity contribution in [3.8, 4) is 5.75 Å². The standard InChI is InChI=1S/C13H15F4NO3/c1-3-18(12(19)21-8-13(15,16)17)7-9-4-5-11(20-2)10(14)6-9/h4-6H,3,7-8H2,1-2H3. The van der Waals surface area contributed by atoms with Gasteiger partial charge in [0.2, 0.25) is 0 Å². The molecule has 1 aromatic carbocycles. The largest absolute Gasteiger partial charge is 0.494 e. The lowest BCUT2D eigenvalue weighted by molar-refractivity contribution is -0.162. The fraction of sp³-hybridized carbons (Fsp3) is 0.462. The van der Waals surface area contributed by atoms with Crippen molar-refractivity contribution in [2.24, 2.45) is 0 Å². The summed E-state index contributed by atoms with van der Waals surface area (Å²) in [5.74, 6) is -0.573. The van der Waals surface area contributed by atoms with Gasteiger partial charge in [0.1, 0.15) is 0 Å². The summed E-state index contributed by atoms with van der Waals surface area (Å²) in [7, 11) is 1.31. The molecule has 118 valence electrons. The molecule has 0 atom stereocenters. The average molecular weight is 309 g/mol. The number of hydrogen-bond acceptors (Lipinski definition) is 3. The zero-order valence-corrected chi connectivity index (χ0v) is 11.5. The van der Waals surface area contributed by atoms with Crippen LogP contribution in [0.3, 0.4) is 0 Å². The van der Waals surface area contributed by atoms with E-state index in [0.29, 0.717) is 5.56 Å². The highest BCUT2D eigenvalue weighted by Crippen LogP contribution is 2.19. The summed E-state index contributed by atoms with van der Waals surface area (Å²) < 4.78 is 58.4. The van der Waals surface area contributed by atoms with Crippen LogP contribution in [-0.2, 0) is 11.3 Å². The number of hydrogen-bond donors (Lipinski definition) is 0. The van der Waals surface area contributed by atoms with Crippen LogP contribution >= 0.6 is 0 Å². The highest BCUT2D eigenvalue weighted by molar-refractivity contribution is 5.67. The molecular formula is C13H15F4NO3. The van der Waals surface area contributed by atoms with Crippen LogP contribution in [0.1, 0.15) is 12.5 Å². The Morgan fingerprint density at radius 2 is 2.00 bits per heavy atom. The van der Waals surface area contributed by atoms with Gasteiger partial charge in [-0.25, -0.2) is 9.18 Å². The number of ether oxygens (including phenoxy) is 2. The maximum absolute atomic E-state index is 13.5. The number of carbonyl (C=O) groups is 1. The Morgan fingerprint density at radius 1 is 1.33 bits per heavy atom. The molecule has 0 saturated carbocycles. The number of benzene rings is 1. The molecule has 0 aliphatic heterocycles. The minimum absolute atomic E-state index is 0.0430. The Hall–Kier alpha value is -1.99. The van der Waals surface area contributed by atoms with E-state index in [-0.39, 0.29) is 18.8 Å². The molecule has 8 heteroatoms. The van der Waals surface area contributed by atoms with E-state index in [1.165, 1.54) is 19.2 Å². The number of carbonyl (C=O) groups excluding carboxylic acids is 1. The molecule has 1 aromatic rings. The normalized spacial score (nSPS) is 11.1. The van der Waals surface area contributed by atoms with Crippen molar-refractivity contribution in [3.63, 3.8) is 0 Å². The number of nitrogens with zero attached hydrogens (tertiary/aromatic N) is 1. The van der Waals surface area contributed by atoms with E-state index in [2.05, 4.69) is 4.74 Å². The maximum Gasteiger partial charge on any atom is 0.422 e. The molecule has 0 aliphatic rings. The molecule has 1 amide bonds. The van der Waals surface area contributed by atoms with Crippen molar-refractivity contribution < 1.29 is 31.8 Å². The quantitative estimate of drug-likeness (QED) is 0.783. The Bertz CT molecular complexity index is 491. The molecule has 0 heterocycles. The Balaban J connectivity index is 2.69. The molecule has 21 heavy (non-hydrogen) atoms. The van der Waals surface area contributed by atoms with Gasteiger partial charge in [0.15, 0.2) is 18.2 Å². The molecule has 0 N–H and O–H groups in total. The number of halogens is 4. The van der Waals surface area contributed by atoms with E-state index < -0.39 is 24.7 Å². The highest BCUT2D eigenvalue weighted by atomic mass is 19.4. The van der Waals surface area contributed by atoms with Gasteiger partial charge in [-0.3, -0.25) is 0 Å². The Labute approximate surface area is 119 Å². The van der Waals surface area contributed by atoms with Crippen LogP contribution in [0.15, 0.2) is 18.2 Å². The van der Waals surface area contributed by atoms with Gasteiger partial charge in [-0.05, 0) is 24.6 Å². The van der Waals surface area contributed by atoms with Gasteiger partial charge in [-0.2, -0.15) is 13.2 Å². The number of rotatable bonds is 5. The third-order valence-electron chi connectivity index (χ3n) is 2.59. The van der Waals surface area contributed by atoms with E-state index in [4.69, 9.17) is 4.74 Å². The molecule has 0 unspecified atom stereocenters. The number of alkyl halides is 3. The molecular weight excluding hydrogens is 294 g/mol. The molecule has 1 rings (SSSR count). The average Bonchev–Trinajstić information content (AvgIpc) is 2.41. The van der Waals surface area contributed by atoms with Crippen molar-refractivity contribution in [1.82, 2.24) is 4.90 Å². The van der Waals surface area contributed by atoms with Gasteiger partial charge in [0.25, 0.3) is 0 Å². The summed E-state index contributed by atoms with van der Waals surface area (Å²) in [6, 6.07) is 4.04. The van der Waals surface area contributed by atoms with E-state index in [1.54, 1.807) is 6.92 Å². The zero-order valence-electron chi connectivity index (χ0n) is 11.5. The van der Waals surface area contributed by atoms with Crippen molar-refractivity contribution in [3.05, 3.63) is 29.6 Å². The monoisotopic (exact) mass is 309 g/mol. The minimum atomic E-state index is -4.58. The molecule has 0 aromatic heterocycles. The van der Waals surface area contributed by atoms with Gasteiger partial charge in [-0.15, -0.1) is 0 Å². The smallest absolute Gasteiger partial charge is 0.422 e. The van der Waals surface area contributed by atoms with Gasteiger partial charge in [0, 0.05) is 13.1 Å². The van der Waals surface area contributed by atoms with E-state index in [9.17, 15) is 22.4 Å². The second-order valence-electron chi connectivity index (χ2n) is 4.15. The van der Waals surface area contributed by atoms with Crippen LogP contribution in [0.4, 0.5) is 22.4 Å². The van der Waals surface area contributed by atoms with Gasteiger partial charge < -0.3 is 14.4 Å². The predicted molar refractivity (Wildman–Crippen MR) is 66.4 cm³/mol. The maximum atomic E-state index is 13.5. The van der Waals surface area contributed by atoms with Gasteiger partial charge >= 0.3 is 12.3 Å². The SMILES string of the molecule is CCN(Cc1ccc(OC)c(F)c1)C(=O)OCC(F)(F)F. The lowest BCUT2D eigenvalue weighted by Crippen LogP contribution is -2.33. The lowest BCUT2D eigenvalue weighted by atomic mass is 10.2. The van der Waals surface area contributed by atoms with Crippen molar-refractivity contribution >= 4 is 6.09 Å². The van der Waals surface area contributed by atoms with Gasteiger partial charge in [-0.1, -0.05) is 6.07 Å². The molecule has 0 spiro atoms. The van der Waals surface area contributed by atoms with Crippen LogP contribution in [0.25, 0.3) is 0 Å². The number of amides is 1. The van der Waals surface area contributed by atoms with Gasteiger partial charge in [0.05, 0.1) is 7.11 Å². The first kappa shape index (κ1) is 17.1. The Kier molecular flexibility index (Phi) is 5.80. The van der Waals surface area contributed by atoms with Crippen LogP contribution in [0.2, 0.25) is 0 Å². The molecule has 0 radical (unpaired) electrons. The van der Waals surface area contributed by atoms with E-state index >= 15 is 0 Å². The first-order chi connectivity index (χ1) is 9.76. The third-order valence-corrected chi connectivity index (χ3v) is 2.59. The fourth-order valence-corrected chi connectivity index (χ4v) is 1.57. The first-order valence-electron chi connectivity index (χ1n) is 6.07. The third kappa shape index (κ3) is 5.49. The molecule has 0 saturated heterocycles.